The molecule has 1 amide bonds. The Morgan fingerprint density at radius 3 is 2.96 bits per heavy atom. The van der Waals surface area contributed by atoms with Crippen LogP contribution in [0, 0.1) is 11.7 Å². The average Bonchev–Trinajstić information content (AvgIpc) is 3.08. The van der Waals surface area contributed by atoms with Crippen molar-refractivity contribution >= 4 is 54.2 Å². The summed E-state index contributed by atoms with van der Waals surface area (Å²) >= 11 is 4.95. The van der Waals surface area contributed by atoms with E-state index in [1.54, 1.807) is 17.4 Å². The van der Waals surface area contributed by atoms with E-state index in [0.717, 1.165) is 34.7 Å². The molecule has 1 aromatic heterocycles. The van der Waals surface area contributed by atoms with Gasteiger partial charge in [0.05, 0.1) is 21.8 Å². The summed E-state index contributed by atoms with van der Waals surface area (Å²) in [5, 5.41) is 3.87. The summed E-state index contributed by atoms with van der Waals surface area (Å²) in [6.45, 7) is 1.55. The van der Waals surface area contributed by atoms with E-state index in [0.29, 0.717) is 16.7 Å². The van der Waals surface area contributed by atoms with E-state index >= 15 is 0 Å². The number of benzene rings is 2. The van der Waals surface area contributed by atoms with Crippen LogP contribution in [0.4, 0.5) is 15.2 Å². The Bertz CT molecular complexity index is 928. The minimum atomic E-state index is -0.338. The van der Waals surface area contributed by atoms with E-state index in [9.17, 15) is 9.18 Å². The molecule has 1 fully saturated rings. The zero-order valence-corrected chi connectivity index (χ0v) is 16.3. The maximum atomic E-state index is 13.2. The summed E-state index contributed by atoms with van der Waals surface area (Å²) in [5.41, 5.74) is 1.59. The molecule has 26 heavy (non-hydrogen) atoms. The number of hydrogen-bond donors (Lipinski definition) is 1. The Hall–Kier alpha value is -1.99. The van der Waals surface area contributed by atoms with Crippen LogP contribution in [0.3, 0.4) is 0 Å². The average molecular weight is 434 g/mol. The van der Waals surface area contributed by atoms with Crippen molar-refractivity contribution in [2.45, 2.75) is 12.8 Å². The zero-order chi connectivity index (χ0) is 18.1. The van der Waals surface area contributed by atoms with Gasteiger partial charge in [-0.2, -0.15) is 0 Å². The molecule has 0 bridgehead atoms. The molecule has 0 spiro atoms. The number of rotatable bonds is 3. The Kier molecular flexibility index (Phi) is 4.91. The van der Waals surface area contributed by atoms with Gasteiger partial charge in [0.25, 0.3) is 0 Å². The van der Waals surface area contributed by atoms with Gasteiger partial charge >= 0.3 is 0 Å². The van der Waals surface area contributed by atoms with Crippen molar-refractivity contribution < 1.29 is 9.18 Å². The fourth-order valence-corrected chi connectivity index (χ4v) is 4.64. The van der Waals surface area contributed by atoms with Gasteiger partial charge in [-0.3, -0.25) is 4.79 Å². The number of piperidine rings is 1. The van der Waals surface area contributed by atoms with Gasteiger partial charge < -0.3 is 10.2 Å². The third-order valence-corrected chi connectivity index (χ3v) is 6.29. The van der Waals surface area contributed by atoms with Gasteiger partial charge in [-0.15, -0.1) is 0 Å². The summed E-state index contributed by atoms with van der Waals surface area (Å²) in [6.07, 6.45) is 1.78. The Balaban J connectivity index is 1.48. The van der Waals surface area contributed by atoms with E-state index in [1.165, 1.54) is 12.1 Å². The molecule has 0 saturated carbocycles. The molecular weight excluding hydrogens is 417 g/mol. The van der Waals surface area contributed by atoms with E-state index in [1.807, 2.05) is 18.2 Å². The molecule has 3 aromatic rings. The van der Waals surface area contributed by atoms with Crippen LogP contribution >= 0.6 is 27.3 Å². The van der Waals surface area contributed by atoms with Crippen LogP contribution < -0.4 is 10.2 Å². The van der Waals surface area contributed by atoms with E-state index in [4.69, 9.17) is 4.98 Å². The maximum absolute atomic E-state index is 13.2. The standard InChI is InChI=1S/C19H17BrFN3OS/c20-14-10-13(21)7-8-15(14)22-18(25)12-4-3-9-24(11-12)19-23-16-5-1-2-6-17(16)26-19/h1-2,5-8,10,12H,3-4,9,11H2,(H,22,25). The lowest BCUT2D eigenvalue weighted by molar-refractivity contribution is -0.120. The summed E-state index contributed by atoms with van der Waals surface area (Å²) in [7, 11) is 0. The first kappa shape index (κ1) is 17.4. The highest BCUT2D eigenvalue weighted by atomic mass is 79.9. The van der Waals surface area contributed by atoms with Gasteiger partial charge in [-0.1, -0.05) is 23.5 Å². The molecule has 134 valence electrons. The van der Waals surface area contributed by atoms with Crippen molar-refractivity contribution in [3.8, 4) is 0 Å². The summed E-state index contributed by atoms with van der Waals surface area (Å²) in [6, 6.07) is 12.3. The molecule has 0 aliphatic carbocycles. The Morgan fingerprint density at radius 2 is 2.15 bits per heavy atom. The molecule has 2 aromatic carbocycles. The number of aromatic nitrogens is 1. The van der Waals surface area contributed by atoms with Crippen LogP contribution in [0.25, 0.3) is 10.2 Å². The van der Waals surface area contributed by atoms with E-state index in [2.05, 4.69) is 32.2 Å². The van der Waals surface area contributed by atoms with Crippen molar-refractivity contribution in [1.29, 1.82) is 0 Å². The van der Waals surface area contributed by atoms with Crippen molar-refractivity contribution in [3.63, 3.8) is 0 Å². The quantitative estimate of drug-likeness (QED) is 0.628. The number of carbonyl (C=O) groups excluding carboxylic acids is 1. The fourth-order valence-electron chi connectivity index (χ4n) is 3.19. The number of fused-ring (bicyclic) bond motifs is 1. The lowest BCUT2D eigenvalue weighted by atomic mass is 9.97. The first-order chi connectivity index (χ1) is 12.6. The molecule has 4 rings (SSSR count). The van der Waals surface area contributed by atoms with Crippen LogP contribution in [0.15, 0.2) is 46.9 Å². The van der Waals surface area contributed by atoms with Gasteiger partial charge in [0.2, 0.25) is 5.91 Å². The van der Waals surface area contributed by atoms with Crippen molar-refractivity contribution in [3.05, 3.63) is 52.8 Å². The van der Waals surface area contributed by atoms with Crippen LogP contribution in [0.5, 0.6) is 0 Å². The first-order valence-corrected chi connectivity index (χ1v) is 10.1. The lowest BCUT2D eigenvalue weighted by Crippen LogP contribution is -2.40. The number of thiazole rings is 1. The number of halogens is 2. The number of nitrogens with zero attached hydrogens (tertiary/aromatic N) is 2. The van der Waals surface area contributed by atoms with Gasteiger partial charge in [-0.25, -0.2) is 9.37 Å². The molecule has 4 nitrogen and oxygen atoms in total. The Labute approximate surface area is 163 Å². The van der Waals surface area contributed by atoms with Crippen LogP contribution in [0.2, 0.25) is 0 Å². The topological polar surface area (TPSA) is 45.2 Å². The maximum Gasteiger partial charge on any atom is 0.229 e. The number of carbonyl (C=O) groups is 1. The monoisotopic (exact) mass is 433 g/mol. The summed E-state index contributed by atoms with van der Waals surface area (Å²) < 4.78 is 14.9. The smallest absolute Gasteiger partial charge is 0.229 e. The highest BCUT2D eigenvalue weighted by Crippen LogP contribution is 2.32. The van der Waals surface area contributed by atoms with E-state index in [-0.39, 0.29) is 17.6 Å². The second kappa shape index (κ2) is 7.32. The molecule has 1 atom stereocenters. The zero-order valence-electron chi connectivity index (χ0n) is 13.9. The first-order valence-electron chi connectivity index (χ1n) is 8.46. The van der Waals surface area contributed by atoms with Crippen LogP contribution in [-0.4, -0.2) is 24.0 Å². The highest BCUT2D eigenvalue weighted by Gasteiger charge is 2.27. The number of hydrogen-bond acceptors (Lipinski definition) is 4. The fraction of sp³-hybridized carbons (Fsp3) is 0.263. The predicted molar refractivity (Wildman–Crippen MR) is 107 cm³/mol. The van der Waals surface area contributed by atoms with E-state index < -0.39 is 0 Å². The molecule has 0 radical (unpaired) electrons. The minimum Gasteiger partial charge on any atom is -0.347 e. The molecule has 1 aliphatic heterocycles. The number of amides is 1. The minimum absolute atomic E-state index is 0.0388. The second-order valence-corrected chi connectivity index (χ2v) is 8.23. The summed E-state index contributed by atoms with van der Waals surface area (Å²) in [4.78, 5) is 19.6. The SMILES string of the molecule is O=C(Nc1ccc(F)cc1Br)C1CCCN(c2nc3ccccc3s2)C1. The molecule has 1 aliphatic rings. The Morgan fingerprint density at radius 1 is 1.31 bits per heavy atom. The van der Waals surface area contributed by atoms with Crippen molar-refractivity contribution in [1.82, 2.24) is 4.98 Å². The molecule has 7 heteroatoms. The lowest BCUT2D eigenvalue weighted by Gasteiger charge is -2.31. The van der Waals surface area contributed by atoms with Gasteiger partial charge in [0.15, 0.2) is 5.13 Å². The summed E-state index contributed by atoms with van der Waals surface area (Å²) in [5.74, 6) is -0.495. The normalized spacial score (nSPS) is 17.5. The largest absolute Gasteiger partial charge is 0.347 e. The third kappa shape index (κ3) is 3.59. The van der Waals surface area contributed by atoms with Gasteiger partial charge in [0.1, 0.15) is 5.82 Å². The molecule has 2 heterocycles. The third-order valence-electron chi connectivity index (χ3n) is 4.53. The second-order valence-electron chi connectivity index (χ2n) is 6.36. The van der Waals surface area contributed by atoms with Crippen molar-refractivity contribution in [2.24, 2.45) is 5.92 Å². The molecule has 1 unspecified atom stereocenters. The van der Waals surface area contributed by atoms with Crippen molar-refractivity contribution in [2.75, 3.05) is 23.3 Å². The van der Waals surface area contributed by atoms with Gasteiger partial charge in [-0.05, 0) is 59.1 Å². The highest BCUT2D eigenvalue weighted by molar-refractivity contribution is 9.10. The number of para-hydroxylation sites is 1. The van der Waals surface area contributed by atoms with Gasteiger partial charge in [0, 0.05) is 17.6 Å². The van der Waals surface area contributed by atoms with Crippen LogP contribution in [0.1, 0.15) is 12.8 Å². The number of nitrogens with one attached hydrogen (secondary N) is 1. The molecule has 1 saturated heterocycles. The predicted octanol–water partition coefficient (Wildman–Crippen LogP) is 5.05. The molecule has 1 N–H and O–H groups in total. The van der Waals surface area contributed by atoms with Crippen LogP contribution in [-0.2, 0) is 4.79 Å². The molecular formula is C19H17BrFN3OS. The number of anilines is 2.